The molecular weight excluding hydrogens is 794 g/mol. The van der Waals surface area contributed by atoms with Crippen LogP contribution in [-0.4, -0.2) is 19.1 Å². The molecule has 0 aliphatic rings. The number of rotatable bonds is 4. The third-order valence-electron chi connectivity index (χ3n) is 9.73. The number of nitrogens with zero attached hydrogens (tertiary/aromatic N) is 5. The molecule has 0 atom stereocenters. The van der Waals surface area contributed by atoms with E-state index in [4.69, 9.17) is 15.0 Å². The predicted molar refractivity (Wildman–Crippen MR) is 201 cm³/mol. The summed E-state index contributed by atoms with van der Waals surface area (Å²) in [7, 11) is 0. The van der Waals surface area contributed by atoms with Gasteiger partial charge in [-0.25, -0.2) is 9.97 Å². The Kier molecular flexibility index (Phi) is 7.08. The molecule has 6 aromatic carbocycles. The first kappa shape index (κ1) is 30.3. The summed E-state index contributed by atoms with van der Waals surface area (Å²) in [6.45, 7) is 4.30. The molecule has 240 valence electrons. The van der Waals surface area contributed by atoms with E-state index in [9.17, 15) is 0 Å². The normalized spacial score (nSPS) is 11.6. The second-order valence-electron chi connectivity index (χ2n) is 12.7. The van der Waals surface area contributed by atoms with Crippen LogP contribution in [0.25, 0.3) is 88.7 Å². The van der Waals surface area contributed by atoms with Crippen molar-refractivity contribution in [1.29, 1.82) is 0 Å². The van der Waals surface area contributed by atoms with Gasteiger partial charge >= 0.3 is 21.1 Å². The SMILES string of the molecule is Cc1cccc(-n2c(-c3cccc4c3[n-]c3ccccc34)nc3c(-c4[c-]c5c(cc4)c4c(C)cccc4n5-c4ccccn4)cccc32)c1.[Pt+2]. The third kappa shape index (κ3) is 4.50. The van der Waals surface area contributed by atoms with Crippen molar-refractivity contribution in [1.82, 2.24) is 24.1 Å². The van der Waals surface area contributed by atoms with Crippen LogP contribution in [0.3, 0.4) is 0 Å². The van der Waals surface area contributed by atoms with Crippen molar-refractivity contribution < 1.29 is 21.1 Å². The molecule has 0 fully saturated rings. The quantitative estimate of drug-likeness (QED) is 0.166. The van der Waals surface area contributed by atoms with Crippen molar-refractivity contribution in [2.24, 2.45) is 0 Å². The number of hydrogen-bond donors (Lipinski definition) is 0. The Balaban J connectivity index is 0.00000336. The number of pyridine rings is 1. The van der Waals surface area contributed by atoms with Crippen molar-refractivity contribution in [2.75, 3.05) is 0 Å². The van der Waals surface area contributed by atoms with Crippen LogP contribution >= 0.6 is 0 Å². The van der Waals surface area contributed by atoms with Crippen molar-refractivity contribution in [3.8, 4) is 34.0 Å². The average molecular weight is 823 g/mol. The van der Waals surface area contributed by atoms with Gasteiger partial charge in [0.2, 0.25) is 0 Å². The van der Waals surface area contributed by atoms with Gasteiger partial charge in [-0.1, -0.05) is 101 Å². The van der Waals surface area contributed by atoms with E-state index in [2.05, 4.69) is 144 Å². The van der Waals surface area contributed by atoms with Crippen LogP contribution < -0.4 is 4.98 Å². The first-order chi connectivity index (χ1) is 24.1. The van der Waals surface area contributed by atoms with Crippen LogP contribution in [0.4, 0.5) is 0 Å². The molecule has 6 heteroatoms. The molecule has 4 heterocycles. The number of aromatic nitrogens is 5. The molecule has 10 rings (SSSR count). The predicted octanol–water partition coefficient (Wildman–Crippen LogP) is 10.5. The van der Waals surface area contributed by atoms with Crippen LogP contribution in [-0.2, 0) is 21.1 Å². The third-order valence-corrected chi connectivity index (χ3v) is 9.73. The zero-order valence-electron chi connectivity index (χ0n) is 27.3. The summed E-state index contributed by atoms with van der Waals surface area (Å²) in [5.74, 6) is 1.73. The van der Waals surface area contributed by atoms with E-state index in [1.807, 2.05) is 24.4 Å². The van der Waals surface area contributed by atoms with Gasteiger partial charge in [-0.2, -0.15) is 0 Å². The van der Waals surface area contributed by atoms with E-state index in [0.29, 0.717) is 0 Å². The Bertz CT molecular complexity index is 2910. The molecule has 0 aliphatic carbocycles. The van der Waals surface area contributed by atoms with Crippen LogP contribution in [0.1, 0.15) is 11.1 Å². The maximum absolute atomic E-state index is 5.49. The van der Waals surface area contributed by atoms with Crippen LogP contribution in [0, 0.1) is 19.9 Å². The molecule has 5 nitrogen and oxygen atoms in total. The fourth-order valence-corrected chi connectivity index (χ4v) is 7.56. The molecule has 4 aromatic heterocycles. The second kappa shape index (κ2) is 11.7. The van der Waals surface area contributed by atoms with Gasteiger partial charge in [-0.3, -0.25) is 4.57 Å². The first-order valence-electron chi connectivity index (χ1n) is 16.5. The second-order valence-corrected chi connectivity index (χ2v) is 12.7. The van der Waals surface area contributed by atoms with Crippen LogP contribution in [0.15, 0.2) is 140 Å². The molecule has 0 spiro atoms. The van der Waals surface area contributed by atoms with E-state index >= 15 is 0 Å². The molecule has 0 saturated carbocycles. The average Bonchev–Trinajstić information content (AvgIpc) is 3.82. The first-order valence-corrected chi connectivity index (χ1v) is 16.5. The number of imidazole rings is 1. The summed E-state index contributed by atoms with van der Waals surface area (Å²) in [6.07, 6.45) is 1.85. The zero-order chi connectivity index (χ0) is 32.6. The smallest absolute Gasteiger partial charge is 0.656 e. The van der Waals surface area contributed by atoms with E-state index in [1.165, 1.54) is 16.5 Å². The van der Waals surface area contributed by atoms with Gasteiger partial charge < -0.3 is 9.55 Å². The molecule has 0 aliphatic heterocycles. The van der Waals surface area contributed by atoms with E-state index in [-0.39, 0.29) is 21.1 Å². The molecule has 0 saturated heterocycles. The Morgan fingerprint density at radius 2 is 1.42 bits per heavy atom. The molecule has 0 amide bonds. The maximum atomic E-state index is 5.49. The topological polar surface area (TPSA) is 49.7 Å². The monoisotopic (exact) mass is 822 g/mol. The number of aryl methyl sites for hydroxylation is 2. The molecule has 0 radical (unpaired) electrons. The summed E-state index contributed by atoms with van der Waals surface area (Å²) in [6, 6.07) is 50.6. The van der Waals surface area contributed by atoms with Gasteiger partial charge in [-0.05, 0) is 77.5 Å². The van der Waals surface area contributed by atoms with Gasteiger partial charge in [0.15, 0.2) is 0 Å². The summed E-state index contributed by atoms with van der Waals surface area (Å²) >= 11 is 0. The van der Waals surface area contributed by atoms with Crippen molar-refractivity contribution in [2.45, 2.75) is 13.8 Å². The van der Waals surface area contributed by atoms with Crippen LogP contribution in [0.5, 0.6) is 0 Å². The van der Waals surface area contributed by atoms with Crippen molar-refractivity contribution >= 4 is 54.6 Å². The summed E-state index contributed by atoms with van der Waals surface area (Å²) < 4.78 is 4.51. The van der Waals surface area contributed by atoms with Gasteiger partial charge in [0.05, 0.1) is 11.0 Å². The largest absolute Gasteiger partial charge is 2.00 e. The number of fused-ring (bicyclic) bond motifs is 7. The van der Waals surface area contributed by atoms with Gasteiger partial charge in [0.1, 0.15) is 11.6 Å². The van der Waals surface area contributed by atoms with E-state index in [0.717, 1.165) is 83.3 Å². The summed E-state index contributed by atoms with van der Waals surface area (Å²) in [5, 5.41) is 4.66. The maximum Gasteiger partial charge on any atom is 2.00 e. The Hall–Kier alpha value is -5.77. The number of benzene rings is 6. The minimum absolute atomic E-state index is 0. The summed E-state index contributed by atoms with van der Waals surface area (Å²) in [5.41, 5.74) is 12.5. The minimum Gasteiger partial charge on any atom is -0.656 e. The number of hydrogen-bond acceptors (Lipinski definition) is 2. The molecule has 50 heavy (non-hydrogen) atoms. The fourth-order valence-electron chi connectivity index (χ4n) is 7.56. The van der Waals surface area contributed by atoms with Gasteiger partial charge in [-0.15, -0.1) is 34.8 Å². The van der Waals surface area contributed by atoms with E-state index in [1.54, 1.807) is 0 Å². The zero-order valence-corrected chi connectivity index (χ0v) is 29.6. The molecule has 10 aromatic rings. The number of para-hydroxylation sites is 3. The summed E-state index contributed by atoms with van der Waals surface area (Å²) in [4.78, 5) is 15.4. The fraction of sp³-hybridized carbons (Fsp3) is 0.0455. The minimum atomic E-state index is 0. The molecule has 0 N–H and O–H groups in total. The van der Waals surface area contributed by atoms with E-state index < -0.39 is 0 Å². The van der Waals surface area contributed by atoms with Crippen molar-refractivity contribution in [3.05, 3.63) is 157 Å². The van der Waals surface area contributed by atoms with Crippen molar-refractivity contribution in [3.63, 3.8) is 0 Å². The Morgan fingerprint density at radius 3 is 2.30 bits per heavy atom. The molecular formula is C44H29N5Pt. The van der Waals surface area contributed by atoms with Gasteiger partial charge in [0, 0.05) is 23.0 Å². The standard InChI is InChI=1S/C44H29N5.Pt/c1-27-11-7-13-30(25-27)48-38-20-10-15-31(43(38)47-44(48)35-17-9-16-33-32-14-3-4-18-36(32)46-42(33)35)29-22-23-34-39(26-29)49(40-21-5-6-24-45-40)37-19-8-12-28(2)41(34)37;/h3-25H,1-2H3;/q-2;+2. The van der Waals surface area contributed by atoms with Gasteiger partial charge in [0.25, 0.3) is 0 Å². The Labute approximate surface area is 303 Å². The molecule has 0 unspecified atom stereocenters. The van der Waals surface area contributed by atoms with Crippen LogP contribution in [0.2, 0.25) is 0 Å². The molecule has 0 bridgehead atoms. The Morgan fingerprint density at radius 1 is 0.640 bits per heavy atom.